The van der Waals surface area contributed by atoms with E-state index >= 15 is 0 Å². The molecule has 2 aliphatic heterocycles. The number of carbonyl (C=O) groups is 1. The predicted molar refractivity (Wildman–Crippen MR) is 119 cm³/mol. The summed E-state index contributed by atoms with van der Waals surface area (Å²) in [4.78, 5) is 17.1. The summed E-state index contributed by atoms with van der Waals surface area (Å²) >= 11 is 0. The second kappa shape index (κ2) is 7.74. The van der Waals surface area contributed by atoms with Crippen molar-refractivity contribution in [3.05, 3.63) is 77.2 Å². The first-order chi connectivity index (χ1) is 15.1. The molecule has 1 aliphatic carbocycles. The average molecular weight is 418 g/mol. The minimum Gasteiger partial charge on any atom is -0.461 e. The number of anilines is 1. The minimum absolute atomic E-state index is 0.325. The van der Waals surface area contributed by atoms with Crippen LogP contribution in [0.25, 0.3) is 5.69 Å². The fraction of sp³-hybridized carbons (Fsp3) is 0.333. The van der Waals surface area contributed by atoms with Gasteiger partial charge in [-0.15, -0.1) is 5.53 Å². The number of allylic oxidation sites excluding steroid dienone is 5. The van der Waals surface area contributed by atoms with E-state index in [1.807, 2.05) is 36.7 Å². The van der Waals surface area contributed by atoms with Gasteiger partial charge in [-0.25, -0.2) is 9.78 Å². The summed E-state index contributed by atoms with van der Waals surface area (Å²) in [6.07, 6.45) is 10.8. The molecule has 7 heteroatoms. The number of hydrazine groups is 2. The number of hydrogen-bond acceptors (Lipinski definition) is 6. The molecule has 0 saturated carbocycles. The summed E-state index contributed by atoms with van der Waals surface area (Å²) in [6.45, 7) is 4.38. The quantitative estimate of drug-likeness (QED) is 0.762. The number of carbonyl (C=O) groups excluding carboxylic acids is 1. The maximum atomic E-state index is 12.6. The zero-order chi connectivity index (χ0) is 21.5. The van der Waals surface area contributed by atoms with Crippen LogP contribution < -0.4 is 10.5 Å². The summed E-state index contributed by atoms with van der Waals surface area (Å²) in [5, 5.41) is 4.22. The molecule has 31 heavy (non-hydrogen) atoms. The zero-order valence-electron chi connectivity index (χ0n) is 18.1. The van der Waals surface area contributed by atoms with E-state index < -0.39 is 0 Å². The van der Waals surface area contributed by atoms with E-state index in [1.54, 1.807) is 6.33 Å². The van der Waals surface area contributed by atoms with Crippen LogP contribution in [0.5, 0.6) is 0 Å². The van der Waals surface area contributed by atoms with Crippen LogP contribution in [0.3, 0.4) is 0 Å². The Balaban J connectivity index is 1.63. The molecular formula is C24H27N5O2. The van der Waals surface area contributed by atoms with Crippen molar-refractivity contribution in [3.63, 3.8) is 0 Å². The van der Waals surface area contributed by atoms with Gasteiger partial charge in [-0.2, -0.15) is 0 Å². The Bertz CT molecular complexity index is 1130. The molecule has 0 spiro atoms. The SMILES string of the molecule is CCOC(=O)c1ncn2c1CC1=C(CC3=CC=CC(C)C3)N(C)NN1c1ccccc1-2. The number of benzene rings is 1. The number of fused-ring (bicyclic) bond motifs is 5. The van der Waals surface area contributed by atoms with Crippen LogP contribution in [0.2, 0.25) is 0 Å². The van der Waals surface area contributed by atoms with Crippen molar-refractivity contribution >= 4 is 11.7 Å². The van der Waals surface area contributed by atoms with Crippen LogP contribution in [-0.4, -0.2) is 34.2 Å². The molecule has 5 rings (SSSR count). The summed E-state index contributed by atoms with van der Waals surface area (Å²) in [5.41, 5.74) is 10.5. The maximum Gasteiger partial charge on any atom is 0.358 e. The lowest BCUT2D eigenvalue weighted by Crippen LogP contribution is -2.39. The smallest absolute Gasteiger partial charge is 0.358 e. The molecule has 1 unspecified atom stereocenters. The Kier molecular flexibility index (Phi) is 4.90. The van der Waals surface area contributed by atoms with Crippen molar-refractivity contribution in [1.29, 1.82) is 0 Å². The lowest BCUT2D eigenvalue weighted by molar-refractivity contribution is 0.0519. The predicted octanol–water partition coefficient (Wildman–Crippen LogP) is 3.90. The van der Waals surface area contributed by atoms with Crippen LogP contribution in [0.15, 0.2) is 65.8 Å². The van der Waals surface area contributed by atoms with E-state index in [4.69, 9.17) is 4.74 Å². The van der Waals surface area contributed by atoms with E-state index in [2.05, 4.69) is 51.8 Å². The monoisotopic (exact) mass is 417 g/mol. The number of esters is 1. The first kappa shape index (κ1) is 19.6. The Labute approximate surface area is 182 Å². The van der Waals surface area contributed by atoms with Crippen LogP contribution in [0, 0.1) is 5.92 Å². The lowest BCUT2D eigenvalue weighted by Gasteiger charge is -2.23. The van der Waals surface area contributed by atoms with E-state index in [1.165, 1.54) is 11.3 Å². The van der Waals surface area contributed by atoms with Crippen LogP contribution in [0.1, 0.15) is 42.9 Å². The highest BCUT2D eigenvalue weighted by atomic mass is 16.5. The van der Waals surface area contributed by atoms with E-state index in [9.17, 15) is 4.79 Å². The fourth-order valence-corrected chi connectivity index (χ4v) is 4.61. The minimum atomic E-state index is -0.377. The summed E-state index contributed by atoms with van der Waals surface area (Å²) < 4.78 is 7.30. The van der Waals surface area contributed by atoms with Gasteiger partial charge >= 0.3 is 5.97 Å². The summed E-state index contributed by atoms with van der Waals surface area (Å²) in [6, 6.07) is 8.17. The van der Waals surface area contributed by atoms with Gasteiger partial charge in [0.1, 0.15) is 6.33 Å². The molecule has 0 saturated heterocycles. The van der Waals surface area contributed by atoms with Crippen LogP contribution in [0.4, 0.5) is 5.69 Å². The van der Waals surface area contributed by atoms with E-state index in [0.717, 1.165) is 35.6 Å². The Hall–Kier alpha value is -3.32. The standard InChI is InChI=1S/C24H27N5O2/c1-4-31-24(30)23-22-14-21-20(13-17-9-7-8-16(2)12-17)27(3)26-29(21)19-11-6-5-10-18(19)28(22)15-25-23/h5-11,15-16,26H,4,12-14H2,1-3H3. The van der Waals surface area contributed by atoms with Gasteiger partial charge in [0, 0.05) is 19.9 Å². The van der Waals surface area contributed by atoms with E-state index in [-0.39, 0.29) is 5.97 Å². The van der Waals surface area contributed by atoms with Crippen molar-refractivity contribution in [2.24, 2.45) is 5.92 Å². The van der Waals surface area contributed by atoms with Gasteiger partial charge in [0.25, 0.3) is 0 Å². The molecule has 2 aromatic rings. The molecule has 0 radical (unpaired) electrons. The van der Waals surface area contributed by atoms with Crippen molar-refractivity contribution < 1.29 is 9.53 Å². The number of ether oxygens (including phenoxy) is 1. The molecule has 0 bridgehead atoms. The number of nitrogens with zero attached hydrogens (tertiary/aromatic N) is 4. The highest BCUT2D eigenvalue weighted by Crippen LogP contribution is 2.39. The third-order valence-corrected chi connectivity index (χ3v) is 6.06. The number of hydrogen-bond donors (Lipinski definition) is 1. The summed E-state index contributed by atoms with van der Waals surface area (Å²) in [5.74, 6) is 0.172. The molecule has 160 valence electrons. The number of nitrogens with one attached hydrogen (secondary N) is 1. The highest BCUT2D eigenvalue weighted by Gasteiger charge is 2.35. The molecule has 0 fully saturated rings. The number of rotatable bonds is 4. The maximum absolute atomic E-state index is 12.6. The topological polar surface area (TPSA) is 62.6 Å². The van der Waals surface area contributed by atoms with Crippen LogP contribution >= 0.6 is 0 Å². The van der Waals surface area contributed by atoms with Crippen molar-refractivity contribution in [2.75, 3.05) is 18.7 Å². The van der Waals surface area contributed by atoms with Gasteiger partial charge in [-0.3, -0.25) is 14.6 Å². The molecule has 7 nitrogen and oxygen atoms in total. The first-order valence-corrected chi connectivity index (χ1v) is 10.8. The lowest BCUT2D eigenvalue weighted by atomic mass is 9.92. The van der Waals surface area contributed by atoms with Crippen molar-refractivity contribution in [3.8, 4) is 5.69 Å². The molecular weight excluding hydrogens is 390 g/mol. The molecule has 1 aromatic carbocycles. The number of para-hydroxylation sites is 2. The fourth-order valence-electron chi connectivity index (χ4n) is 4.61. The Morgan fingerprint density at radius 2 is 2.10 bits per heavy atom. The molecule has 1 N–H and O–H groups in total. The normalized spacial score (nSPS) is 19.6. The van der Waals surface area contributed by atoms with Gasteiger partial charge in [0.2, 0.25) is 0 Å². The second-order valence-electron chi connectivity index (χ2n) is 8.25. The Morgan fingerprint density at radius 3 is 2.87 bits per heavy atom. The average Bonchev–Trinajstić information content (AvgIpc) is 3.27. The molecule has 3 aliphatic rings. The van der Waals surface area contributed by atoms with Crippen molar-refractivity contribution in [1.82, 2.24) is 20.1 Å². The van der Waals surface area contributed by atoms with Crippen molar-refractivity contribution in [2.45, 2.75) is 33.1 Å². The largest absolute Gasteiger partial charge is 0.461 e. The summed E-state index contributed by atoms with van der Waals surface area (Å²) in [7, 11) is 2.05. The van der Waals surface area contributed by atoms with Gasteiger partial charge < -0.3 is 4.74 Å². The van der Waals surface area contributed by atoms with Gasteiger partial charge in [0.05, 0.1) is 35.1 Å². The first-order valence-electron chi connectivity index (χ1n) is 10.8. The zero-order valence-corrected chi connectivity index (χ0v) is 18.1. The van der Waals surface area contributed by atoms with Gasteiger partial charge in [0.15, 0.2) is 5.69 Å². The van der Waals surface area contributed by atoms with Gasteiger partial charge in [-0.05, 0) is 31.4 Å². The molecule has 1 aromatic heterocycles. The van der Waals surface area contributed by atoms with Gasteiger partial charge in [-0.1, -0.05) is 42.9 Å². The number of aromatic nitrogens is 2. The van der Waals surface area contributed by atoms with E-state index in [0.29, 0.717) is 24.6 Å². The number of imidazole rings is 1. The molecule has 3 heterocycles. The highest BCUT2D eigenvalue weighted by molar-refractivity contribution is 5.89. The molecule has 0 amide bonds. The van der Waals surface area contributed by atoms with Crippen LogP contribution in [-0.2, 0) is 11.2 Å². The third-order valence-electron chi connectivity index (χ3n) is 6.06. The molecule has 1 atom stereocenters. The second-order valence-corrected chi connectivity index (χ2v) is 8.25. The Morgan fingerprint density at radius 1 is 1.29 bits per heavy atom. The third kappa shape index (κ3) is 3.35.